The summed E-state index contributed by atoms with van der Waals surface area (Å²) >= 11 is 1.70. The fourth-order valence-electron chi connectivity index (χ4n) is 4.05. The van der Waals surface area contributed by atoms with Crippen LogP contribution < -0.4 is 0 Å². The monoisotopic (exact) mass is 415 g/mol. The summed E-state index contributed by atoms with van der Waals surface area (Å²) in [5.74, 6) is -0.581. The summed E-state index contributed by atoms with van der Waals surface area (Å²) < 4.78 is 32.5. The summed E-state index contributed by atoms with van der Waals surface area (Å²) in [7, 11) is 0. The fourth-order valence-corrected chi connectivity index (χ4v) is 5.23. The number of fused-ring (bicyclic) bond motifs is 1. The van der Waals surface area contributed by atoms with Gasteiger partial charge in [0.1, 0.15) is 11.6 Å². The number of nitrogens with zero attached hydrogens (tertiary/aromatic N) is 3. The zero-order chi connectivity index (χ0) is 20.0. The number of likely N-dealkylation sites (tertiary alicyclic amines) is 1. The Labute approximate surface area is 170 Å². The first-order chi connectivity index (χ1) is 14.1. The third-order valence-electron chi connectivity index (χ3n) is 5.61. The van der Waals surface area contributed by atoms with E-state index in [9.17, 15) is 13.6 Å². The van der Waals surface area contributed by atoms with Gasteiger partial charge in [0.05, 0.1) is 4.88 Å². The number of carbonyl (C=O) groups is 1. The molecule has 1 aliphatic heterocycles. The predicted octanol–water partition coefficient (Wildman–Crippen LogP) is 4.47. The number of aryl methyl sites for hydroxylation is 2. The van der Waals surface area contributed by atoms with E-state index in [1.807, 2.05) is 0 Å². The highest BCUT2D eigenvalue weighted by Crippen LogP contribution is 2.36. The van der Waals surface area contributed by atoms with Gasteiger partial charge in [-0.2, -0.15) is 4.98 Å². The van der Waals surface area contributed by atoms with Gasteiger partial charge in [-0.05, 0) is 43.4 Å². The van der Waals surface area contributed by atoms with E-state index in [0.29, 0.717) is 23.8 Å². The number of aromatic nitrogens is 2. The first-order valence-corrected chi connectivity index (χ1v) is 10.6. The van der Waals surface area contributed by atoms with Crippen LogP contribution in [0.15, 0.2) is 28.8 Å². The van der Waals surface area contributed by atoms with Gasteiger partial charge in [-0.25, -0.2) is 8.78 Å². The second-order valence-corrected chi connectivity index (χ2v) is 8.77. The molecule has 1 fully saturated rings. The molecule has 8 heteroatoms. The lowest BCUT2D eigenvalue weighted by Crippen LogP contribution is -2.25. The first kappa shape index (κ1) is 18.4. The molecule has 1 aliphatic carbocycles. The molecule has 150 valence electrons. The lowest BCUT2D eigenvalue weighted by atomic mass is 9.99. The molecule has 29 heavy (non-hydrogen) atoms. The highest BCUT2D eigenvalue weighted by molar-refractivity contribution is 7.15. The molecule has 0 spiro atoms. The number of hydrogen-bond donors (Lipinski definition) is 0. The van der Waals surface area contributed by atoms with Gasteiger partial charge < -0.3 is 9.42 Å². The second kappa shape index (κ2) is 7.33. The minimum Gasteiger partial charge on any atom is -0.337 e. The van der Waals surface area contributed by atoms with E-state index in [-0.39, 0.29) is 24.8 Å². The number of benzene rings is 1. The molecule has 0 radical (unpaired) electrons. The van der Waals surface area contributed by atoms with E-state index in [4.69, 9.17) is 4.52 Å². The van der Waals surface area contributed by atoms with Crippen molar-refractivity contribution in [2.24, 2.45) is 0 Å². The van der Waals surface area contributed by atoms with Crippen LogP contribution in [0.3, 0.4) is 0 Å². The highest BCUT2D eigenvalue weighted by atomic mass is 32.1. The summed E-state index contributed by atoms with van der Waals surface area (Å²) in [5, 5.41) is 4.10. The van der Waals surface area contributed by atoms with Crippen LogP contribution in [0, 0.1) is 11.6 Å². The normalized spacial score (nSPS) is 19.0. The van der Waals surface area contributed by atoms with Gasteiger partial charge in [0.15, 0.2) is 5.82 Å². The number of halogens is 2. The third-order valence-corrected chi connectivity index (χ3v) is 6.83. The molecule has 0 saturated carbocycles. The molecule has 2 aliphatic rings. The van der Waals surface area contributed by atoms with Gasteiger partial charge in [0, 0.05) is 41.9 Å². The molecule has 1 atom stereocenters. The third kappa shape index (κ3) is 3.57. The van der Waals surface area contributed by atoms with Crippen LogP contribution in [-0.2, 0) is 24.2 Å². The standard InChI is InChI=1S/C21H19F2N3O2S/c22-15-6-5-13(16(23)9-15)10-26-11-14(8-19(26)27)20-24-21(28-25-20)18-7-12-3-1-2-4-17(12)29-18/h5-7,9,14H,1-4,8,10-11H2. The number of carbonyl (C=O) groups excluding carboxylic acids is 1. The average Bonchev–Trinajstić information content (AvgIpc) is 3.42. The number of amides is 1. The quantitative estimate of drug-likeness (QED) is 0.631. The van der Waals surface area contributed by atoms with E-state index in [0.717, 1.165) is 23.8 Å². The molecule has 3 heterocycles. The molecule has 5 nitrogen and oxygen atoms in total. The molecule has 1 aromatic carbocycles. The Kier molecular flexibility index (Phi) is 4.66. The largest absolute Gasteiger partial charge is 0.337 e. The van der Waals surface area contributed by atoms with Gasteiger partial charge >= 0.3 is 0 Å². The predicted molar refractivity (Wildman–Crippen MR) is 103 cm³/mol. The van der Waals surface area contributed by atoms with Crippen molar-refractivity contribution in [1.82, 2.24) is 15.0 Å². The SMILES string of the molecule is O=C1CC(c2noc(-c3cc4c(s3)CCCC4)n2)CN1Cc1ccc(F)cc1F. The van der Waals surface area contributed by atoms with Crippen molar-refractivity contribution in [3.05, 3.63) is 57.7 Å². The van der Waals surface area contributed by atoms with E-state index in [1.54, 1.807) is 16.2 Å². The van der Waals surface area contributed by atoms with Crippen LogP contribution >= 0.6 is 11.3 Å². The summed E-state index contributed by atoms with van der Waals surface area (Å²) in [6.07, 6.45) is 4.89. The summed E-state index contributed by atoms with van der Waals surface area (Å²) in [6, 6.07) is 5.54. The van der Waals surface area contributed by atoms with Gasteiger partial charge in [-0.1, -0.05) is 11.2 Å². The minimum absolute atomic E-state index is 0.100. The van der Waals surface area contributed by atoms with Gasteiger partial charge in [0.25, 0.3) is 5.89 Å². The van der Waals surface area contributed by atoms with Gasteiger partial charge in [-0.3, -0.25) is 4.79 Å². The average molecular weight is 415 g/mol. The maximum Gasteiger partial charge on any atom is 0.268 e. The Bertz CT molecular complexity index is 1050. The van der Waals surface area contributed by atoms with Crippen LogP contribution in [0.25, 0.3) is 10.8 Å². The molecule has 3 aromatic rings. The summed E-state index contributed by atoms with van der Waals surface area (Å²) in [4.78, 5) is 20.9. The van der Waals surface area contributed by atoms with Crippen molar-refractivity contribution in [2.45, 2.75) is 44.6 Å². The molecular weight excluding hydrogens is 396 g/mol. The van der Waals surface area contributed by atoms with E-state index < -0.39 is 11.6 Å². The van der Waals surface area contributed by atoms with Crippen LogP contribution in [0.4, 0.5) is 8.78 Å². The fraction of sp³-hybridized carbons (Fsp3) is 0.381. The molecular formula is C21H19F2N3O2S. The maximum atomic E-state index is 13.9. The topological polar surface area (TPSA) is 59.2 Å². The van der Waals surface area contributed by atoms with Crippen molar-refractivity contribution in [1.29, 1.82) is 0 Å². The zero-order valence-electron chi connectivity index (χ0n) is 15.7. The number of hydrogen-bond acceptors (Lipinski definition) is 5. The second-order valence-electron chi connectivity index (χ2n) is 7.63. The van der Waals surface area contributed by atoms with Crippen LogP contribution in [0.2, 0.25) is 0 Å². The van der Waals surface area contributed by atoms with Crippen LogP contribution in [0.1, 0.15) is 47.0 Å². The van der Waals surface area contributed by atoms with Gasteiger partial charge in [0.2, 0.25) is 5.91 Å². The smallest absolute Gasteiger partial charge is 0.268 e. The van der Waals surface area contributed by atoms with Crippen molar-refractivity contribution in [2.75, 3.05) is 6.54 Å². The number of rotatable bonds is 4. The molecule has 1 unspecified atom stereocenters. The molecule has 2 aromatic heterocycles. The molecule has 0 N–H and O–H groups in total. The van der Waals surface area contributed by atoms with Crippen molar-refractivity contribution in [3.8, 4) is 10.8 Å². The molecule has 0 bridgehead atoms. The van der Waals surface area contributed by atoms with E-state index >= 15 is 0 Å². The van der Waals surface area contributed by atoms with Crippen LogP contribution in [0.5, 0.6) is 0 Å². The Morgan fingerprint density at radius 2 is 2.07 bits per heavy atom. The summed E-state index contributed by atoms with van der Waals surface area (Å²) in [6.45, 7) is 0.485. The first-order valence-electron chi connectivity index (χ1n) is 9.74. The Morgan fingerprint density at radius 1 is 1.21 bits per heavy atom. The molecule has 1 amide bonds. The Balaban J connectivity index is 1.31. The molecule has 1 saturated heterocycles. The lowest BCUT2D eigenvalue weighted by Gasteiger charge is -2.16. The highest BCUT2D eigenvalue weighted by Gasteiger charge is 2.34. The Hall–Kier alpha value is -2.61. The van der Waals surface area contributed by atoms with E-state index in [2.05, 4.69) is 16.2 Å². The molecule has 5 rings (SSSR count). The van der Waals surface area contributed by atoms with Crippen molar-refractivity contribution < 1.29 is 18.1 Å². The maximum absolute atomic E-state index is 13.9. The van der Waals surface area contributed by atoms with Crippen LogP contribution in [-0.4, -0.2) is 27.5 Å². The Morgan fingerprint density at radius 3 is 2.90 bits per heavy atom. The zero-order valence-corrected chi connectivity index (χ0v) is 16.5. The van der Waals surface area contributed by atoms with Crippen molar-refractivity contribution >= 4 is 17.2 Å². The van der Waals surface area contributed by atoms with Gasteiger partial charge in [-0.15, -0.1) is 11.3 Å². The number of thiophene rings is 1. The lowest BCUT2D eigenvalue weighted by molar-refractivity contribution is -0.128. The van der Waals surface area contributed by atoms with E-state index in [1.165, 1.54) is 35.4 Å². The minimum atomic E-state index is -0.648. The van der Waals surface area contributed by atoms with Crippen molar-refractivity contribution in [3.63, 3.8) is 0 Å². The summed E-state index contributed by atoms with van der Waals surface area (Å²) in [5.41, 5.74) is 1.66.